The Kier molecular flexibility index (Phi) is 5.69. The maximum absolute atomic E-state index is 11.5. The highest BCUT2D eigenvalue weighted by atomic mass is 16.3. The Morgan fingerprint density at radius 3 is 2.73 bits per heavy atom. The average Bonchev–Trinajstić information content (AvgIpc) is 2.22. The molecule has 3 heteroatoms. The molecule has 1 amide bonds. The van der Waals surface area contributed by atoms with E-state index in [9.17, 15) is 9.90 Å². The number of rotatable bonds is 5. The summed E-state index contributed by atoms with van der Waals surface area (Å²) in [4.78, 5) is 11.5. The molecule has 0 aliphatic heterocycles. The lowest BCUT2D eigenvalue weighted by Gasteiger charge is -2.28. The highest BCUT2D eigenvalue weighted by Crippen LogP contribution is 2.18. The van der Waals surface area contributed by atoms with Gasteiger partial charge in [0.05, 0.1) is 12.1 Å². The maximum atomic E-state index is 11.5. The number of aliphatic hydroxyl groups is 1. The molecule has 3 nitrogen and oxygen atoms in total. The molecule has 0 saturated heterocycles. The number of carbonyl (C=O) groups is 1. The summed E-state index contributed by atoms with van der Waals surface area (Å²) in [6, 6.07) is 0.00729. The van der Waals surface area contributed by atoms with E-state index >= 15 is 0 Å². The minimum Gasteiger partial charge on any atom is -0.391 e. The van der Waals surface area contributed by atoms with E-state index in [1.807, 2.05) is 0 Å². The minimum atomic E-state index is -0.325. The second kappa shape index (κ2) is 6.83. The molecular formula is C12H23NO2. The third-order valence-electron chi connectivity index (χ3n) is 3.08. The predicted octanol–water partition coefficient (Wildman–Crippen LogP) is 1.99. The molecule has 1 rings (SSSR count). The van der Waals surface area contributed by atoms with Gasteiger partial charge in [0.1, 0.15) is 0 Å². The summed E-state index contributed by atoms with van der Waals surface area (Å²) in [6.07, 6.45) is 7.47. The fourth-order valence-electron chi connectivity index (χ4n) is 2.09. The first-order valence-corrected chi connectivity index (χ1v) is 6.21. The zero-order chi connectivity index (χ0) is 11.1. The SMILES string of the molecule is CCCCCC(=O)N[C@H]1CCCC[C@@H]1O. The van der Waals surface area contributed by atoms with Gasteiger partial charge in [0.25, 0.3) is 0 Å². The summed E-state index contributed by atoms with van der Waals surface area (Å²) < 4.78 is 0. The standard InChI is InChI=1S/C12H23NO2/c1-2-3-4-9-12(15)13-10-7-5-6-8-11(10)14/h10-11,14H,2-9H2,1H3,(H,13,15)/t10-,11-/m0/s1. The van der Waals surface area contributed by atoms with Crippen molar-refractivity contribution in [2.45, 2.75) is 70.4 Å². The van der Waals surface area contributed by atoms with E-state index in [1.165, 1.54) is 0 Å². The Morgan fingerprint density at radius 1 is 1.33 bits per heavy atom. The summed E-state index contributed by atoms with van der Waals surface area (Å²) >= 11 is 0. The van der Waals surface area contributed by atoms with Crippen LogP contribution in [0.1, 0.15) is 58.3 Å². The van der Waals surface area contributed by atoms with Crippen LogP contribution in [0.3, 0.4) is 0 Å². The third kappa shape index (κ3) is 4.65. The molecule has 0 bridgehead atoms. The molecule has 2 atom stereocenters. The highest BCUT2D eigenvalue weighted by molar-refractivity contribution is 5.76. The molecular weight excluding hydrogens is 190 g/mol. The lowest BCUT2D eigenvalue weighted by molar-refractivity contribution is -0.123. The Morgan fingerprint density at radius 2 is 2.07 bits per heavy atom. The minimum absolute atomic E-state index is 0.00729. The molecule has 2 N–H and O–H groups in total. The first-order chi connectivity index (χ1) is 7.24. The Bertz CT molecular complexity index is 194. The van der Waals surface area contributed by atoms with E-state index in [4.69, 9.17) is 0 Å². The van der Waals surface area contributed by atoms with E-state index in [2.05, 4.69) is 12.2 Å². The van der Waals surface area contributed by atoms with Crippen LogP contribution in [0.15, 0.2) is 0 Å². The van der Waals surface area contributed by atoms with Crippen LogP contribution in [0.4, 0.5) is 0 Å². The van der Waals surface area contributed by atoms with Crippen LogP contribution < -0.4 is 5.32 Å². The van der Waals surface area contributed by atoms with E-state index < -0.39 is 0 Å². The van der Waals surface area contributed by atoms with Crippen LogP contribution in [-0.2, 0) is 4.79 Å². The summed E-state index contributed by atoms with van der Waals surface area (Å²) in [5.41, 5.74) is 0. The lowest BCUT2D eigenvalue weighted by atomic mass is 9.92. The van der Waals surface area contributed by atoms with E-state index in [-0.39, 0.29) is 18.1 Å². The van der Waals surface area contributed by atoms with E-state index in [0.29, 0.717) is 6.42 Å². The van der Waals surface area contributed by atoms with Crippen molar-refractivity contribution in [3.05, 3.63) is 0 Å². The summed E-state index contributed by atoms with van der Waals surface area (Å²) in [5, 5.41) is 12.6. The number of nitrogens with one attached hydrogen (secondary N) is 1. The summed E-state index contributed by atoms with van der Waals surface area (Å²) in [6.45, 7) is 2.13. The fraction of sp³-hybridized carbons (Fsp3) is 0.917. The monoisotopic (exact) mass is 213 g/mol. The van der Waals surface area contributed by atoms with Crippen molar-refractivity contribution in [3.63, 3.8) is 0 Å². The normalized spacial score (nSPS) is 26.3. The summed E-state index contributed by atoms with van der Waals surface area (Å²) in [7, 11) is 0. The van der Waals surface area contributed by atoms with Crippen LogP contribution in [0.25, 0.3) is 0 Å². The van der Waals surface area contributed by atoms with Gasteiger partial charge in [0.2, 0.25) is 5.91 Å². The smallest absolute Gasteiger partial charge is 0.220 e. The summed E-state index contributed by atoms with van der Waals surface area (Å²) in [5.74, 6) is 0.106. The fourth-order valence-corrected chi connectivity index (χ4v) is 2.09. The molecule has 1 fully saturated rings. The number of carbonyl (C=O) groups excluding carboxylic acids is 1. The van der Waals surface area contributed by atoms with Gasteiger partial charge in [-0.3, -0.25) is 4.79 Å². The second-order valence-electron chi connectivity index (χ2n) is 4.48. The van der Waals surface area contributed by atoms with Gasteiger partial charge in [-0.1, -0.05) is 32.6 Å². The predicted molar refractivity (Wildman–Crippen MR) is 60.5 cm³/mol. The van der Waals surface area contributed by atoms with Crippen LogP contribution in [0.2, 0.25) is 0 Å². The van der Waals surface area contributed by atoms with E-state index in [1.54, 1.807) is 0 Å². The van der Waals surface area contributed by atoms with Crippen LogP contribution in [0, 0.1) is 0 Å². The van der Waals surface area contributed by atoms with Crippen molar-refractivity contribution in [3.8, 4) is 0 Å². The van der Waals surface area contributed by atoms with Crippen molar-refractivity contribution in [1.82, 2.24) is 5.32 Å². The molecule has 0 radical (unpaired) electrons. The average molecular weight is 213 g/mol. The first-order valence-electron chi connectivity index (χ1n) is 6.21. The molecule has 1 saturated carbocycles. The molecule has 0 heterocycles. The Hall–Kier alpha value is -0.570. The zero-order valence-corrected chi connectivity index (χ0v) is 9.67. The number of hydrogen-bond donors (Lipinski definition) is 2. The van der Waals surface area contributed by atoms with Gasteiger partial charge in [-0.2, -0.15) is 0 Å². The van der Waals surface area contributed by atoms with Crippen molar-refractivity contribution < 1.29 is 9.90 Å². The van der Waals surface area contributed by atoms with Gasteiger partial charge in [0.15, 0.2) is 0 Å². The van der Waals surface area contributed by atoms with Gasteiger partial charge in [-0.15, -0.1) is 0 Å². The first kappa shape index (κ1) is 12.5. The number of aliphatic hydroxyl groups excluding tert-OH is 1. The number of unbranched alkanes of at least 4 members (excludes halogenated alkanes) is 2. The molecule has 15 heavy (non-hydrogen) atoms. The van der Waals surface area contributed by atoms with Crippen molar-refractivity contribution >= 4 is 5.91 Å². The van der Waals surface area contributed by atoms with Gasteiger partial charge in [-0.05, 0) is 19.3 Å². The van der Waals surface area contributed by atoms with Crippen LogP contribution in [-0.4, -0.2) is 23.2 Å². The quantitative estimate of drug-likeness (QED) is 0.686. The molecule has 0 aromatic carbocycles. The number of hydrogen-bond acceptors (Lipinski definition) is 2. The zero-order valence-electron chi connectivity index (χ0n) is 9.67. The molecule has 88 valence electrons. The molecule has 0 spiro atoms. The maximum Gasteiger partial charge on any atom is 0.220 e. The van der Waals surface area contributed by atoms with Crippen molar-refractivity contribution in [2.75, 3.05) is 0 Å². The molecule has 0 aromatic heterocycles. The van der Waals surface area contributed by atoms with Crippen molar-refractivity contribution in [2.24, 2.45) is 0 Å². The lowest BCUT2D eigenvalue weighted by Crippen LogP contribution is -2.44. The van der Waals surface area contributed by atoms with Gasteiger partial charge in [0, 0.05) is 6.42 Å². The van der Waals surface area contributed by atoms with Gasteiger partial charge >= 0.3 is 0 Å². The molecule has 0 aromatic rings. The van der Waals surface area contributed by atoms with Crippen molar-refractivity contribution in [1.29, 1.82) is 0 Å². The van der Waals surface area contributed by atoms with Gasteiger partial charge in [-0.25, -0.2) is 0 Å². The highest BCUT2D eigenvalue weighted by Gasteiger charge is 2.23. The Labute approximate surface area is 92.3 Å². The molecule has 0 unspecified atom stereocenters. The Balaban J connectivity index is 2.18. The topological polar surface area (TPSA) is 49.3 Å². The van der Waals surface area contributed by atoms with Gasteiger partial charge < -0.3 is 10.4 Å². The van der Waals surface area contributed by atoms with E-state index in [0.717, 1.165) is 44.9 Å². The largest absolute Gasteiger partial charge is 0.391 e. The van der Waals surface area contributed by atoms with Crippen LogP contribution >= 0.6 is 0 Å². The molecule has 1 aliphatic carbocycles. The van der Waals surface area contributed by atoms with Crippen LogP contribution in [0.5, 0.6) is 0 Å². The number of amides is 1. The third-order valence-corrected chi connectivity index (χ3v) is 3.08. The molecule has 1 aliphatic rings. The second-order valence-corrected chi connectivity index (χ2v) is 4.48.